The number of hydrogen-bond donors (Lipinski definition) is 9. The lowest BCUT2D eigenvalue weighted by atomic mass is 9.96. The van der Waals surface area contributed by atoms with Crippen molar-refractivity contribution >= 4 is 159 Å². The van der Waals surface area contributed by atoms with Crippen LogP contribution in [0.5, 0.6) is 0 Å². The topological polar surface area (TPSA) is 211 Å². The molecule has 2 unspecified atom stereocenters. The number of rotatable bonds is 10. The third-order valence-electron chi connectivity index (χ3n) is 5.19. The second-order valence-electron chi connectivity index (χ2n) is 7.78. The molecule has 0 aromatic heterocycles. The number of anilines is 2. The van der Waals surface area contributed by atoms with Crippen molar-refractivity contribution < 1.29 is 35.1 Å². The minimum atomic E-state index is -1.34. The normalized spacial score (nSPS) is 13.7. The molecule has 0 fully saturated rings. The molecule has 210 valence electrons. The fraction of sp³-hybridized carbons (Fsp3) is 0.333. The first-order valence-electron chi connectivity index (χ1n) is 10.4. The zero-order valence-electron chi connectivity index (χ0n) is 19.0. The van der Waals surface area contributed by atoms with Gasteiger partial charge in [0.2, 0.25) is 0 Å². The molecule has 0 aliphatic heterocycles. The number of hydrogen-bond acceptors (Lipinski definition) is 9. The number of benzene rings is 2. The van der Waals surface area contributed by atoms with Crippen molar-refractivity contribution in [2.24, 2.45) is 0 Å². The summed E-state index contributed by atoms with van der Waals surface area (Å²) in [5.41, 5.74) is 14.3. The summed E-state index contributed by atoms with van der Waals surface area (Å²) in [4.78, 5) is 26.1. The van der Waals surface area contributed by atoms with Crippen molar-refractivity contribution in [2.75, 3.05) is 37.8 Å². The van der Waals surface area contributed by atoms with Crippen LogP contribution in [0.1, 0.15) is 37.9 Å². The Labute approximate surface area is 299 Å². The maximum atomic E-state index is 13.0. The zero-order valence-corrected chi connectivity index (χ0v) is 32.0. The Morgan fingerprint density at radius 2 is 0.947 bits per heavy atom. The van der Waals surface area contributed by atoms with Crippen LogP contribution in [-0.4, -0.2) is 75.9 Å². The summed E-state index contributed by atoms with van der Waals surface area (Å²) in [6.07, 6.45) is -3.61. The molecule has 0 spiro atoms. The van der Waals surface area contributed by atoms with Crippen LogP contribution in [0.25, 0.3) is 0 Å². The van der Waals surface area contributed by atoms with E-state index in [4.69, 9.17) is 21.7 Å². The smallest absolute Gasteiger partial charge is 0.253 e. The molecular formula is C21H22I6N4O7. The molecule has 11 nitrogen and oxygen atoms in total. The largest absolute Gasteiger partial charge is 0.397 e. The highest BCUT2D eigenvalue weighted by Crippen LogP contribution is 2.43. The van der Waals surface area contributed by atoms with Gasteiger partial charge in [-0.15, -0.1) is 0 Å². The van der Waals surface area contributed by atoms with Crippen LogP contribution in [0.15, 0.2) is 0 Å². The summed E-state index contributed by atoms with van der Waals surface area (Å²) in [6.45, 7) is -1.41. The van der Waals surface area contributed by atoms with Crippen molar-refractivity contribution in [3.05, 3.63) is 43.7 Å². The van der Waals surface area contributed by atoms with Gasteiger partial charge in [-0.3, -0.25) is 9.59 Å². The lowest BCUT2D eigenvalue weighted by molar-refractivity contribution is 0.0798. The maximum Gasteiger partial charge on any atom is 0.253 e. The van der Waals surface area contributed by atoms with Crippen LogP contribution in [0.4, 0.5) is 11.4 Å². The number of carbonyl (C=O) groups is 2. The molecule has 2 aromatic carbocycles. The van der Waals surface area contributed by atoms with Gasteiger partial charge in [-0.05, 0) is 136 Å². The summed E-state index contributed by atoms with van der Waals surface area (Å²) in [7, 11) is 0. The molecular weight excluding hydrogens is 1180 g/mol. The van der Waals surface area contributed by atoms with Gasteiger partial charge in [0, 0.05) is 38.5 Å². The molecule has 0 heterocycles. The van der Waals surface area contributed by atoms with Gasteiger partial charge in [0.25, 0.3) is 11.8 Å². The summed E-state index contributed by atoms with van der Waals surface area (Å²) >= 11 is 11.8. The summed E-state index contributed by atoms with van der Waals surface area (Å²) in [6, 6.07) is 0. The van der Waals surface area contributed by atoms with E-state index in [0.717, 1.165) is 0 Å². The number of halogens is 6. The van der Waals surface area contributed by atoms with Crippen molar-refractivity contribution in [3.8, 4) is 0 Å². The Bertz CT molecular complexity index is 1160. The quantitative estimate of drug-likeness (QED) is 0.125. The minimum absolute atomic E-state index is 0.182. The first-order chi connectivity index (χ1) is 17.7. The van der Waals surface area contributed by atoms with E-state index in [0.29, 0.717) is 32.5 Å². The fourth-order valence-corrected chi connectivity index (χ4v) is 11.6. The molecule has 0 saturated carbocycles. The van der Waals surface area contributed by atoms with Crippen LogP contribution >= 0.6 is 136 Å². The summed E-state index contributed by atoms with van der Waals surface area (Å²) in [5.74, 6) is -1.09. The lowest BCUT2D eigenvalue weighted by Gasteiger charge is -2.25. The van der Waals surface area contributed by atoms with Gasteiger partial charge in [0.1, 0.15) is 6.10 Å². The molecule has 0 radical (unpaired) electrons. The Hall–Kier alpha value is 1.16. The van der Waals surface area contributed by atoms with Gasteiger partial charge in [0.05, 0.1) is 55.1 Å². The number of amides is 2. The van der Waals surface area contributed by atoms with Gasteiger partial charge in [-0.1, -0.05) is 0 Å². The molecule has 2 rings (SSSR count). The van der Waals surface area contributed by atoms with Crippen LogP contribution < -0.4 is 22.1 Å². The predicted octanol–water partition coefficient (Wildman–Crippen LogP) is 1.73. The molecule has 11 N–H and O–H groups in total. The number of aliphatic hydroxyl groups excluding tert-OH is 5. The van der Waals surface area contributed by atoms with E-state index in [2.05, 4.69) is 10.6 Å². The van der Waals surface area contributed by atoms with Crippen molar-refractivity contribution in [3.63, 3.8) is 0 Å². The third kappa shape index (κ3) is 7.75. The van der Waals surface area contributed by atoms with Crippen LogP contribution in [0.3, 0.4) is 0 Å². The molecule has 2 amide bonds. The lowest BCUT2D eigenvalue weighted by Crippen LogP contribution is -2.35. The van der Waals surface area contributed by atoms with Crippen molar-refractivity contribution in [2.45, 2.75) is 18.3 Å². The number of nitrogens with one attached hydrogen (secondary N) is 2. The first kappa shape index (κ1) is 35.4. The monoisotopic (exact) mass is 1200 g/mol. The standard InChI is InChI=1S/C21H22I6N4O7/c22-11-7(13(24)17(28)15(26)9(11)20(37)30-1-5(34)3-32)19(36)8-12(23)10(16(27)18(29)14(8)25)21(38)31-2-6(35)4-33/h5-6,19,32-36H,1-4,28-29H2,(H,30,37)(H,31,38). The van der Waals surface area contributed by atoms with E-state index in [9.17, 15) is 24.9 Å². The highest BCUT2D eigenvalue weighted by atomic mass is 127. The Morgan fingerprint density at radius 1 is 0.632 bits per heavy atom. The van der Waals surface area contributed by atoms with Crippen LogP contribution in [0.2, 0.25) is 0 Å². The van der Waals surface area contributed by atoms with Gasteiger partial charge in [0.15, 0.2) is 0 Å². The maximum absolute atomic E-state index is 13.0. The highest BCUT2D eigenvalue weighted by molar-refractivity contribution is 14.1. The molecule has 17 heteroatoms. The van der Waals surface area contributed by atoms with E-state index in [-0.39, 0.29) is 35.6 Å². The minimum Gasteiger partial charge on any atom is -0.397 e. The molecule has 38 heavy (non-hydrogen) atoms. The van der Waals surface area contributed by atoms with E-state index in [1.54, 1.807) is 0 Å². The van der Waals surface area contributed by atoms with Gasteiger partial charge in [-0.2, -0.15) is 0 Å². The highest BCUT2D eigenvalue weighted by Gasteiger charge is 2.33. The predicted molar refractivity (Wildman–Crippen MR) is 193 cm³/mol. The Balaban J connectivity index is 2.71. The zero-order chi connectivity index (χ0) is 29.1. The average molecular weight is 1200 g/mol. The van der Waals surface area contributed by atoms with Crippen molar-refractivity contribution in [1.82, 2.24) is 10.6 Å². The van der Waals surface area contributed by atoms with Gasteiger partial charge in [-0.25, -0.2) is 0 Å². The average Bonchev–Trinajstić information content (AvgIpc) is 2.87. The number of nitrogen functional groups attached to an aromatic ring is 2. The Kier molecular flexibility index (Phi) is 14.5. The molecule has 2 atom stereocenters. The second kappa shape index (κ2) is 15.6. The molecule has 2 aromatic rings. The molecule has 0 aliphatic rings. The van der Waals surface area contributed by atoms with E-state index >= 15 is 0 Å². The SMILES string of the molecule is Nc1c(I)c(C(=O)NCC(O)CO)c(I)c(C(O)c2c(I)c(N)c(I)c(C(=O)NCC(O)CO)c2I)c1I. The van der Waals surface area contributed by atoms with E-state index < -0.39 is 43.3 Å². The number of aliphatic hydroxyl groups is 5. The summed E-state index contributed by atoms with van der Waals surface area (Å²) < 4.78 is 2.76. The van der Waals surface area contributed by atoms with E-state index in [1.807, 2.05) is 136 Å². The van der Waals surface area contributed by atoms with Crippen LogP contribution in [-0.2, 0) is 0 Å². The molecule has 0 bridgehead atoms. The Morgan fingerprint density at radius 3 is 1.24 bits per heavy atom. The number of nitrogens with two attached hydrogens (primary N) is 2. The van der Waals surface area contributed by atoms with Gasteiger partial charge < -0.3 is 47.6 Å². The van der Waals surface area contributed by atoms with Gasteiger partial charge >= 0.3 is 0 Å². The van der Waals surface area contributed by atoms with Crippen molar-refractivity contribution in [1.29, 1.82) is 0 Å². The second-order valence-corrected chi connectivity index (χ2v) is 14.3. The molecule has 0 aliphatic carbocycles. The summed E-state index contributed by atoms with van der Waals surface area (Å²) in [5, 5.41) is 54.2. The number of carbonyl (C=O) groups excluding carboxylic acids is 2. The van der Waals surface area contributed by atoms with E-state index in [1.165, 1.54) is 0 Å². The third-order valence-corrected chi connectivity index (χ3v) is 12.0. The fourth-order valence-electron chi connectivity index (χ4n) is 3.16. The van der Waals surface area contributed by atoms with Crippen LogP contribution in [0, 0.1) is 21.4 Å². The molecule has 0 saturated heterocycles. The first-order valence-corrected chi connectivity index (χ1v) is 16.9.